The lowest BCUT2D eigenvalue weighted by atomic mass is 10.0. The van der Waals surface area contributed by atoms with Gasteiger partial charge in [-0.05, 0) is 29.2 Å². The maximum Gasteiger partial charge on any atom is 0.408 e. The van der Waals surface area contributed by atoms with Crippen LogP contribution in [-0.4, -0.2) is 41.1 Å². The average Bonchev–Trinajstić information content (AvgIpc) is 2.76. The van der Waals surface area contributed by atoms with Crippen molar-refractivity contribution in [2.24, 2.45) is 11.7 Å². The number of hydrogen-bond acceptors (Lipinski definition) is 5. The van der Waals surface area contributed by atoms with Crippen LogP contribution in [0.3, 0.4) is 0 Å². The second kappa shape index (κ2) is 11.5. The normalized spacial score (nSPS) is 12.5. The molecule has 9 heteroatoms. The van der Waals surface area contributed by atoms with Crippen molar-refractivity contribution < 1.29 is 29.0 Å². The van der Waals surface area contributed by atoms with Crippen LogP contribution < -0.4 is 16.4 Å². The lowest BCUT2D eigenvalue weighted by Gasteiger charge is -2.24. The number of primary amides is 1. The highest BCUT2D eigenvalue weighted by Crippen LogP contribution is 2.09. The third-order valence-corrected chi connectivity index (χ3v) is 4.74. The summed E-state index contributed by atoms with van der Waals surface area (Å²) in [7, 11) is 0. The van der Waals surface area contributed by atoms with E-state index >= 15 is 0 Å². The molecule has 0 bridgehead atoms. The van der Waals surface area contributed by atoms with Crippen molar-refractivity contribution in [3.63, 3.8) is 0 Å². The number of alkyl carbamates (subject to hydrolysis) is 1. The standard InChI is InChI=1S/C23H27N3O6/c1-14(2)19(26-23(31)32-13-16-6-4-3-5-7-16)21(28)25-18(20(24)27)12-15-8-10-17(11-9-15)22(29)30/h3-11,14,18-19H,12-13H2,1-2H3,(H2,24,27)(H,25,28)(H,26,31)(H,29,30)/t18-,19-/m1/s1. The number of benzene rings is 2. The smallest absolute Gasteiger partial charge is 0.408 e. The molecule has 32 heavy (non-hydrogen) atoms. The second-order valence-corrected chi connectivity index (χ2v) is 7.60. The average molecular weight is 441 g/mol. The topological polar surface area (TPSA) is 148 Å². The molecule has 0 fully saturated rings. The Kier molecular flexibility index (Phi) is 8.76. The largest absolute Gasteiger partial charge is 0.478 e. The Bertz CT molecular complexity index is 944. The zero-order valence-corrected chi connectivity index (χ0v) is 17.9. The van der Waals surface area contributed by atoms with E-state index in [1.54, 1.807) is 38.1 Å². The highest BCUT2D eigenvalue weighted by molar-refractivity contribution is 5.91. The number of carboxylic acid groups (broad SMARTS) is 1. The van der Waals surface area contributed by atoms with Crippen LogP contribution in [0.25, 0.3) is 0 Å². The van der Waals surface area contributed by atoms with Crippen LogP contribution >= 0.6 is 0 Å². The van der Waals surface area contributed by atoms with Crippen LogP contribution in [0.1, 0.15) is 35.3 Å². The van der Waals surface area contributed by atoms with Crippen molar-refractivity contribution in [3.8, 4) is 0 Å². The number of nitrogens with one attached hydrogen (secondary N) is 2. The van der Waals surface area contributed by atoms with Crippen molar-refractivity contribution in [2.75, 3.05) is 0 Å². The third kappa shape index (κ3) is 7.42. The summed E-state index contributed by atoms with van der Waals surface area (Å²) in [5, 5.41) is 14.1. The van der Waals surface area contributed by atoms with Crippen LogP contribution in [0.2, 0.25) is 0 Å². The van der Waals surface area contributed by atoms with Gasteiger partial charge >= 0.3 is 12.1 Å². The fourth-order valence-corrected chi connectivity index (χ4v) is 2.93. The monoisotopic (exact) mass is 441 g/mol. The fourth-order valence-electron chi connectivity index (χ4n) is 2.93. The quantitative estimate of drug-likeness (QED) is 0.442. The molecule has 170 valence electrons. The minimum Gasteiger partial charge on any atom is -0.478 e. The van der Waals surface area contributed by atoms with E-state index in [0.717, 1.165) is 5.56 Å². The summed E-state index contributed by atoms with van der Waals surface area (Å²) in [4.78, 5) is 47.8. The predicted molar refractivity (Wildman–Crippen MR) is 117 cm³/mol. The van der Waals surface area contributed by atoms with Gasteiger partial charge in [0, 0.05) is 6.42 Å². The minimum absolute atomic E-state index is 0.0509. The predicted octanol–water partition coefficient (Wildman–Crippen LogP) is 1.85. The van der Waals surface area contributed by atoms with Gasteiger partial charge in [-0.2, -0.15) is 0 Å². The number of nitrogens with two attached hydrogens (primary N) is 1. The molecule has 2 aromatic carbocycles. The van der Waals surface area contributed by atoms with Gasteiger partial charge in [-0.25, -0.2) is 9.59 Å². The van der Waals surface area contributed by atoms with E-state index < -0.39 is 36.0 Å². The Labute approximate surface area is 185 Å². The van der Waals surface area contributed by atoms with E-state index in [2.05, 4.69) is 10.6 Å². The van der Waals surface area contributed by atoms with Crippen molar-refractivity contribution in [2.45, 2.75) is 39.0 Å². The number of carboxylic acids is 1. The van der Waals surface area contributed by atoms with Crippen LogP contribution in [0, 0.1) is 5.92 Å². The molecular formula is C23H27N3O6. The number of amides is 3. The van der Waals surface area contributed by atoms with Gasteiger partial charge < -0.3 is 26.2 Å². The maximum atomic E-state index is 12.8. The highest BCUT2D eigenvalue weighted by Gasteiger charge is 2.28. The van der Waals surface area contributed by atoms with Gasteiger partial charge in [0.25, 0.3) is 0 Å². The first-order valence-electron chi connectivity index (χ1n) is 10.1. The number of carbonyl (C=O) groups excluding carboxylic acids is 3. The molecule has 0 saturated heterocycles. The van der Waals surface area contributed by atoms with Gasteiger partial charge in [-0.15, -0.1) is 0 Å². The molecular weight excluding hydrogens is 414 g/mol. The fraction of sp³-hybridized carbons (Fsp3) is 0.304. The molecule has 0 unspecified atom stereocenters. The number of ether oxygens (including phenoxy) is 1. The second-order valence-electron chi connectivity index (χ2n) is 7.60. The van der Waals surface area contributed by atoms with E-state index in [1.165, 1.54) is 12.1 Å². The van der Waals surface area contributed by atoms with E-state index in [-0.39, 0.29) is 24.5 Å². The van der Waals surface area contributed by atoms with Crippen LogP contribution in [0.4, 0.5) is 4.79 Å². The molecule has 0 heterocycles. The summed E-state index contributed by atoms with van der Waals surface area (Å²) >= 11 is 0. The molecule has 2 atom stereocenters. The first-order chi connectivity index (χ1) is 15.2. The third-order valence-electron chi connectivity index (χ3n) is 4.74. The molecule has 0 aromatic heterocycles. The number of hydrogen-bond donors (Lipinski definition) is 4. The Balaban J connectivity index is 1.99. The van der Waals surface area contributed by atoms with Crippen molar-refractivity contribution in [1.29, 1.82) is 0 Å². The highest BCUT2D eigenvalue weighted by atomic mass is 16.5. The summed E-state index contributed by atoms with van der Waals surface area (Å²) in [6, 6.07) is 13.0. The molecule has 3 amide bonds. The van der Waals surface area contributed by atoms with Gasteiger partial charge in [0.2, 0.25) is 11.8 Å². The van der Waals surface area contributed by atoms with Gasteiger partial charge in [-0.1, -0.05) is 56.3 Å². The lowest BCUT2D eigenvalue weighted by Crippen LogP contribution is -2.55. The number of aromatic carboxylic acids is 1. The zero-order chi connectivity index (χ0) is 23.7. The molecule has 0 saturated carbocycles. The summed E-state index contributed by atoms with van der Waals surface area (Å²) in [5.74, 6) is -2.69. The molecule has 2 aromatic rings. The molecule has 0 aliphatic carbocycles. The van der Waals surface area contributed by atoms with Gasteiger partial charge in [0.1, 0.15) is 18.7 Å². The Morgan fingerprint density at radius 3 is 2.09 bits per heavy atom. The van der Waals surface area contributed by atoms with Crippen LogP contribution in [-0.2, 0) is 27.4 Å². The summed E-state index contributed by atoms with van der Waals surface area (Å²) in [6.07, 6.45) is -0.688. The SMILES string of the molecule is CC(C)[C@@H](NC(=O)OCc1ccccc1)C(=O)N[C@H](Cc1ccc(C(=O)O)cc1)C(N)=O. The van der Waals surface area contributed by atoms with Crippen molar-refractivity contribution >= 4 is 23.9 Å². The van der Waals surface area contributed by atoms with E-state index in [0.29, 0.717) is 5.56 Å². The summed E-state index contributed by atoms with van der Waals surface area (Å²) < 4.78 is 5.17. The molecule has 9 nitrogen and oxygen atoms in total. The molecule has 0 radical (unpaired) electrons. The maximum absolute atomic E-state index is 12.8. The van der Waals surface area contributed by atoms with E-state index in [4.69, 9.17) is 15.6 Å². The summed E-state index contributed by atoms with van der Waals surface area (Å²) in [6.45, 7) is 3.53. The number of carbonyl (C=O) groups is 4. The molecule has 0 aliphatic rings. The van der Waals surface area contributed by atoms with Gasteiger partial charge in [0.05, 0.1) is 5.56 Å². The summed E-state index contributed by atoms with van der Waals surface area (Å²) in [5.41, 5.74) is 6.97. The van der Waals surface area contributed by atoms with Gasteiger partial charge in [0.15, 0.2) is 0 Å². The van der Waals surface area contributed by atoms with E-state index in [9.17, 15) is 19.2 Å². The lowest BCUT2D eigenvalue weighted by molar-refractivity contribution is -0.129. The van der Waals surface area contributed by atoms with Gasteiger partial charge in [-0.3, -0.25) is 9.59 Å². The zero-order valence-electron chi connectivity index (χ0n) is 17.9. The van der Waals surface area contributed by atoms with Crippen LogP contribution in [0.15, 0.2) is 54.6 Å². The molecule has 0 aliphatic heterocycles. The first kappa shape index (κ1) is 24.4. The molecule has 2 rings (SSSR count). The van der Waals surface area contributed by atoms with Crippen molar-refractivity contribution in [3.05, 3.63) is 71.3 Å². The number of rotatable bonds is 10. The van der Waals surface area contributed by atoms with E-state index in [1.807, 2.05) is 18.2 Å². The van der Waals surface area contributed by atoms with Crippen molar-refractivity contribution in [1.82, 2.24) is 10.6 Å². The minimum atomic E-state index is -1.07. The molecule has 5 N–H and O–H groups in total. The first-order valence-corrected chi connectivity index (χ1v) is 10.1. The Morgan fingerprint density at radius 2 is 1.56 bits per heavy atom. The Morgan fingerprint density at radius 1 is 0.938 bits per heavy atom. The van der Waals surface area contributed by atoms with Crippen LogP contribution in [0.5, 0.6) is 0 Å². The Hall–Kier alpha value is -3.88. The molecule has 0 spiro atoms.